The minimum atomic E-state index is 0.254. The lowest BCUT2D eigenvalue weighted by Gasteiger charge is -2.02. The van der Waals surface area contributed by atoms with Crippen LogP contribution in [0, 0.1) is 10.8 Å². The molecule has 3 N–H and O–H groups in total. The zero-order valence-electron chi connectivity index (χ0n) is 9.66. The topological polar surface area (TPSA) is 77.0 Å². The van der Waals surface area contributed by atoms with Gasteiger partial charge in [-0.05, 0) is 10.8 Å². The number of hydrogen-bond acceptors (Lipinski definition) is 5. The first-order chi connectivity index (χ1) is 6.89. The Morgan fingerprint density at radius 2 is 1.87 bits per heavy atom. The Kier molecular flexibility index (Phi) is 2.05. The Balaban J connectivity index is 2.06. The van der Waals surface area contributed by atoms with Crippen LogP contribution in [-0.2, 0) is 6.54 Å². The second-order valence-electron chi connectivity index (χ2n) is 5.23. The highest BCUT2D eigenvalue weighted by molar-refractivity contribution is 5.33. The summed E-state index contributed by atoms with van der Waals surface area (Å²) < 4.78 is 5.31. The van der Waals surface area contributed by atoms with Gasteiger partial charge in [0.25, 0.3) is 0 Å². The summed E-state index contributed by atoms with van der Waals surface area (Å²) in [5.41, 5.74) is 5.90. The highest BCUT2D eigenvalue weighted by Crippen LogP contribution is 2.63. The van der Waals surface area contributed by atoms with Crippen molar-refractivity contribution >= 4 is 6.01 Å². The molecule has 0 unspecified atom stereocenters. The Morgan fingerprint density at radius 3 is 2.27 bits per heavy atom. The van der Waals surface area contributed by atoms with Gasteiger partial charge in [0, 0.05) is 6.04 Å². The molecule has 0 spiro atoms. The second kappa shape index (κ2) is 2.95. The summed E-state index contributed by atoms with van der Waals surface area (Å²) in [6.07, 6.45) is 0. The first-order valence-electron chi connectivity index (χ1n) is 5.18. The fraction of sp³-hybridized carbons (Fsp3) is 0.800. The van der Waals surface area contributed by atoms with Crippen LogP contribution in [0.5, 0.6) is 0 Å². The molecule has 5 nitrogen and oxygen atoms in total. The van der Waals surface area contributed by atoms with Gasteiger partial charge in [-0.25, -0.2) is 0 Å². The third-order valence-electron chi connectivity index (χ3n) is 3.93. The standard InChI is InChI=1S/C10H18N4O/c1-9(2)7(10(9,3)4)12-8-14-13-6(5-11)15-8/h7H,5,11H2,1-4H3,(H,12,14). The summed E-state index contributed by atoms with van der Waals surface area (Å²) in [5, 5.41) is 11.0. The fourth-order valence-electron chi connectivity index (χ4n) is 2.08. The molecular weight excluding hydrogens is 192 g/mol. The molecule has 0 aromatic carbocycles. The predicted molar refractivity (Wildman–Crippen MR) is 57.2 cm³/mol. The number of nitrogens with one attached hydrogen (secondary N) is 1. The van der Waals surface area contributed by atoms with E-state index in [1.165, 1.54) is 0 Å². The summed E-state index contributed by atoms with van der Waals surface area (Å²) >= 11 is 0. The normalized spacial score (nSPS) is 22.7. The lowest BCUT2D eigenvalue weighted by atomic mass is 10.0. The van der Waals surface area contributed by atoms with Crippen LogP contribution in [0.3, 0.4) is 0 Å². The first-order valence-corrected chi connectivity index (χ1v) is 5.18. The molecule has 2 rings (SSSR count). The highest BCUT2D eigenvalue weighted by Gasteiger charge is 2.65. The molecule has 15 heavy (non-hydrogen) atoms. The lowest BCUT2D eigenvalue weighted by molar-refractivity contribution is 0.457. The zero-order valence-corrected chi connectivity index (χ0v) is 9.66. The van der Waals surface area contributed by atoms with Gasteiger partial charge in [0.15, 0.2) is 0 Å². The van der Waals surface area contributed by atoms with E-state index in [0.29, 0.717) is 17.9 Å². The molecule has 0 amide bonds. The highest BCUT2D eigenvalue weighted by atomic mass is 16.4. The van der Waals surface area contributed by atoms with Crippen LogP contribution in [0.2, 0.25) is 0 Å². The van der Waals surface area contributed by atoms with Crippen molar-refractivity contribution < 1.29 is 4.42 Å². The van der Waals surface area contributed by atoms with Crippen molar-refractivity contribution in [3.8, 4) is 0 Å². The average Bonchev–Trinajstić information content (AvgIpc) is 2.60. The van der Waals surface area contributed by atoms with Crippen LogP contribution in [0.25, 0.3) is 0 Å². The largest absolute Gasteiger partial charge is 0.407 e. The van der Waals surface area contributed by atoms with Gasteiger partial charge in [-0.3, -0.25) is 0 Å². The molecule has 0 aliphatic heterocycles. The molecular formula is C10H18N4O. The van der Waals surface area contributed by atoms with Gasteiger partial charge < -0.3 is 15.5 Å². The summed E-state index contributed by atoms with van der Waals surface area (Å²) in [7, 11) is 0. The SMILES string of the molecule is CC1(C)C(Nc2nnc(CN)o2)C1(C)C. The lowest BCUT2D eigenvalue weighted by Crippen LogP contribution is -2.10. The second-order valence-corrected chi connectivity index (χ2v) is 5.23. The Bertz CT molecular complexity index is 355. The van der Waals surface area contributed by atoms with Crippen molar-refractivity contribution in [2.75, 3.05) is 5.32 Å². The minimum Gasteiger partial charge on any atom is -0.407 e. The van der Waals surface area contributed by atoms with E-state index in [1.807, 2.05) is 0 Å². The van der Waals surface area contributed by atoms with E-state index in [-0.39, 0.29) is 17.4 Å². The number of anilines is 1. The monoisotopic (exact) mass is 210 g/mol. The van der Waals surface area contributed by atoms with Crippen molar-refractivity contribution in [1.29, 1.82) is 0 Å². The Morgan fingerprint density at radius 1 is 1.27 bits per heavy atom. The molecule has 0 radical (unpaired) electrons. The molecule has 1 heterocycles. The van der Waals surface area contributed by atoms with E-state index >= 15 is 0 Å². The average molecular weight is 210 g/mol. The molecule has 1 aliphatic carbocycles. The Labute approximate surface area is 89.4 Å². The number of rotatable bonds is 3. The molecule has 5 heteroatoms. The van der Waals surface area contributed by atoms with Crippen molar-refractivity contribution in [3.05, 3.63) is 5.89 Å². The van der Waals surface area contributed by atoms with Crippen LogP contribution >= 0.6 is 0 Å². The van der Waals surface area contributed by atoms with Crippen LogP contribution < -0.4 is 11.1 Å². The molecule has 1 aliphatic rings. The summed E-state index contributed by atoms with van der Waals surface area (Å²) in [5.74, 6) is 0.466. The summed E-state index contributed by atoms with van der Waals surface area (Å²) in [4.78, 5) is 0. The van der Waals surface area contributed by atoms with E-state index in [4.69, 9.17) is 10.2 Å². The molecule has 1 saturated carbocycles. The molecule has 84 valence electrons. The van der Waals surface area contributed by atoms with Gasteiger partial charge in [-0.2, -0.15) is 0 Å². The molecule has 1 aromatic rings. The quantitative estimate of drug-likeness (QED) is 0.788. The van der Waals surface area contributed by atoms with Crippen LogP contribution in [0.4, 0.5) is 6.01 Å². The van der Waals surface area contributed by atoms with Crippen molar-refractivity contribution in [2.45, 2.75) is 40.3 Å². The van der Waals surface area contributed by atoms with Gasteiger partial charge in [0.2, 0.25) is 5.89 Å². The van der Waals surface area contributed by atoms with E-state index in [0.717, 1.165) is 0 Å². The molecule has 0 atom stereocenters. The summed E-state index contributed by atoms with van der Waals surface area (Å²) in [6, 6.07) is 0.843. The molecule has 0 bridgehead atoms. The van der Waals surface area contributed by atoms with E-state index < -0.39 is 0 Å². The molecule has 1 aromatic heterocycles. The van der Waals surface area contributed by atoms with Crippen molar-refractivity contribution in [3.63, 3.8) is 0 Å². The molecule has 1 fully saturated rings. The smallest absolute Gasteiger partial charge is 0.315 e. The van der Waals surface area contributed by atoms with Crippen LogP contribution in [0.15, 0.2) is 4.42 Å². The van der Waals surface area contributed by atoms with Gasteiger partial charge in [-0.1, -0.05) is 32.8 Å². The minimum absolute atomic E-state index is 0.254. The van der Waals surface area contributed by atoms with Gasteiger partial charge in [0.05, 0.1) is 6.54 Å². The third-order valence-corrected chi connectivity index (χ3v) is 3.93. The van der Waals surface area contributed by atoms with Gasteiger partial charge in [-0.15, -0.1) is 5.10 Å². The Hall–Kier alpha value is -1.10. The first kappa shape index (κ1) is 10.4. The third kappa shape index (κ3) is 1.42. The van der Waals surface area contributed by atoms with Crippen LogP contribution in [-0.4, -0.2) is 16.2 Å². The molecule has 0 saturated heterocycles. The predicted octanol–water partition coefficient (Wildman–Crippen LogP) is 1.37. The number of nitrogens with two attached hydrogens (primary N) is 1. The van der Waals surface area contributed by atoms with E-state index in [9.17, 15) is 0 Å². The van der Waals surface area contributed by atoms with Gasteiger partial charge >= 0.3 is 6.01 Å². The fourth-order valence-corrected chi connectivity index (χ4v) is 2.08. The zero-order chi connectivity index (χ0) is 11.3. The van der Waals surface area contributed by atoms with E-state index in [2.05, 4.69) is 43.2 Å². The van der Waals surface area contributed by atoms with Gasteiger partial charge in [0.1, 0.15) is 0 Å². The van der Waals surface area contributed by atoms with Crippen LogP contribution in [0.1, 0.15) is 33.6 Å². The van der Waals surface area contributed by atoms with Crippen molar-refractivity contribution in [2.24, 2.45) is 16.6 Å². The maximum Gasteiger partial charge on any atom is 0.315 e. The summed E-state index contributed by atoms with van der Waals surface area (Å²) in [6.45, 7) is 9.19. The maximum absolute atomic E-state index is 5.39. The number of nitrogens with zero attached hydrogens (tertiary/aromatic N) is 2. The van der Waals surface area contributed by atoms with E-state index in [1.54, 1.807) is 0 Å². The van der Waals surface area contributed by atoms with Crippen molar-refractivity contribution in [1.82, 2.24) is 10.2 Å². The number of hydrogen-bond donors (Lipinski definition) is 2. The number of aromatic nitrogens is 2. The maximum atomic E-state index is 5.39.